The van der Waals surface area contributed by atoms with E-state index >= 15 is 0 Å². The highest BCUT2D eigenvalue weighted by Crippen LogP contribution is 2.21. The first-order valence-electron chi connectivity index (χ1n) is 9.61. The van der Waals surface area contributed by atoms with Crippen LogP contribution in [0.15, 0.2) is 30.0 Å². The molecule has 1 amide bonds. The van der Waals surface area contributed by atoms with Crippen LogP contribution in [0.1, 0.15) is 37.9 Å². The number of nitrogens with one attached hydrogen (secondary N) is 1. The zero-order valence-corrected chi connectivity index (χ0v) is 15.9. The van der Waals surface area contributed by atoms with Crippen LogP contribution in [-0.2, 0) is 17.8 Å². The molecule has 0 bridgehead atoms. The Hall–Kier alpha value is -2.21. The largest absolute Gasteiger partial charge is 0.338 e. The molecule has 1 saturated heterocycles. The smallest absolute Gasteiger partial charge is 0.227 e. The third-order valence-electron chi connectivity index (χ3n) is 4.88. The van der Waals surface area contributed by atoms with E-state index in [9.17, 15) is 4.79 Å². The molecule has 0 aromatic carbocycles. The van der Waals surface area contributed by atoms with E-state index in [-0.39, 0.29) is 5.91 Å². The van der Waals surface area contributed by atoms with Gasteiger partial charge in [0, 0.05) is 57.4 Å². The van der Waals surface area contributed by atoms with E-state index < -0.39 is 0 Å². The Labute approximate surface area is 156 Å². The summed E-state index contributed by atoms with van der Waals surface area (Å²) in [6, 6.07) is 0. The molecule has 1 N–H and O–H groups in total. The molecule has 0 atom stereocenters. The molecule has 2 aliphatic rings. The van der Waals surface area contributed by atoms with E-state index in [0.717, 1.165) is 68.3 Å². The number of amides is 1. The molecule has 0 spiro atoms. The van der Waals surface area contributed by atoms with Crippen LogP contribution in [0.4, 0.5) is 5.95 Å². The minimum Gasteiger partial charge on any atom is -0.338 e. The number of hydrogen-bond acceptors (Lipinski definition) is 5. The molecule has 3 rings (SSSR count). The minimum atomic E-state index is 0.180. The van der Waals surface area contributed by atoms with E-state index in [1.54, 1.807) is 0 Å². The molecular weight excluding hydrogens is 326 g/mol. The van der Waals surface area contributed by atoms with Crippen LogP contribution in [0.25, 0.3) is 0 Å². The summed E-state index contributed by atoms with van der Waals surface area (Å²) in [5, 5.41) is 3.35. The average Bonchev–Trinajstić information content (AvgIpc) is 2.68. The average molecular weight is 355 g/mol. The van der Waals surface area contributed by atoms with Crippen LogP contribution < -0.4 is 10.2 Å². The van der Waals surface area contributed by atoms with Crippen molar-refractivity contribution in [3.8, 4) is 0 Å². The van der Waals surface area contributed by atoms with Gasteiger partial charge in [-0.3, -0.25) is 4.79 Å². The number of allylic oxidation sites excluding steroid dienone is 3. The van der Waals surface area contributed by atoms with E-state index in [0.29, 0.717) is 13.0 Å². The monoisotopic (exact) mass is 355 g/mol. The maximum absolute atomic E-state index is 12.7. The Morgan fingerprint density at radius 2 is 2.12 bits per heavy atom. The highest BCUT2D eigenvalue weighted by atomic mass is 16.2. The predicted molar refractivity (Wildman–Crippen MR) is 104 cm³/mol. The summed E-state index contributed by atoms with van der Waals surface area (Å²) in [6.45, 7) is 9.27. The van der Waals surface area contributed by atoms with Gasteiger partial charge in [0.05, 0.1) is 12.1 Å². The van der Waals surface area contributed by atoms with Crippen LogP contribution in [0.3, 0.4) is 0 Å². The fourth-order valence-corrected chi connectivity index (χ4v) is 3.50. The third-order valence-corrected chi connectivity index (χ3v) is 4.88. The highest BCUT2D eigenvalue weighted by Gasteiger charge is 2.23. The number of nitrogens with zero attached hydrogens (tertiary/aromatic N) is 4. The van der Waals surface area contributed by atoms with Gasteiger partial charge in [-0.25, -0.2) is 9.97 Å². The second kappa shape index (κ2) is 8.94. The Morgan fingerprint density at radius 3 is 2.85 bits per heavy atom. The molecule has 140 valence electrons. The molecule has 2 aliphatic heterocycles. The van der Waals surface area contributed by atoms with E-state index in [1.807, 2.05) is 30.2 Å². The minimum absolute atomic E-state index is 0.180. The number of anilines is 1. The second-order valence-corrected chi connectivity index (χ2v) is 6.81. The highest BCUT2D eigenvalue weighted by molar-refractivity contribution is 5.79. The Balaban J connectivity index is 1.65. The van der Waals surface area contributed by atoms with Crippen molar-refractivity contribution in [2.24, 2.45) is 0 Å². The van der Waals surface area contributed by atoms with Crippen LogP contribution in [0.2, 0.25) is 0 Å². The van der Waals surface area contributed by atoms with Crippen molar-refractivity contribution in [3.63, 3.8) is 0 Å². The van der Waals surface area contributed by atoms with Gasteiger partial charge in [0.15, 0.2) is 0 Å². The molecule has 0 radical (unpaired) electrons. The number of carbonyl (C=O) groups excluding carboxylic acids is 1. The van der Waals surface area contributed by atoms with Crippen LogP contribution in [0.5, 0.6) is 0 Å². The third kappa shape index (κ3) is 4.49. The van der Waals surface area contributed by atoms with Crippen molar-refractivity contribution >= 4 is 11.9 Å². The van der Waals surface area contributed by atoms with Crippen LogP contribution in [-0.4, -0.2) is 53.5 Å². The summed E-state index contributed by atoms with van der Waals surface area (Å²) >= 11 is 0. The van der Waals surface area contributed by atoms with Gasteiger partial charge < -0.3 is 15.1 Å². The van der Waals surface area contributed by atoms with E-state index in [4.69, 9.17) is 4.98 Å². The molecule has 1 fully saturated rings. The van der Waals surface area contributed by atoms with Crippen molar-refractivity contribution in [2.45, 2.75) is 39.7 Å². The quantitative estimate of drug-likeness (QED) is 0.820. The number of carbonyl (C=O) groups is 1. The summed E-state index contributed by atoms with van der Waals surface area (Å²) in [5.41, 5.74) is 3.27. The maximum atomic E-state index is 12.7. The lowest BCUT2D eigenvalue weighted by Gasteiger charge is -2.31. The summed E-state index contributed by atoms with van der Waals surface area (Å²) in [7, 11) is 0. The lowest BCUT2D eigenvalue weighted by Crippen LogP contribution is -2.44. The van der Waals surface area contributed by atoms with Gasteiger partial charge in [-0.05, 0) is 18.9 Å². The van der Waals surface area contributed by atoms with Gasteiger partial charge >= 0.3 is 0 Å². The lowest BCUT2D eigenvalue weighted by atomic mass is 10.1. The molecule has 6 nitrogen and oxygen atoms in total. The first-order valence-corrected chi connectivity index (χ1v) is 9.61. The number of fused-ring (bicyclic) bond motifs is 1. The van der Waals surface area contributed by atoms with Crippen molar-refractivity contribution in [3.05, 3.63) is 41.3 Å². The van der Waals surface area contributed by atoms with Crippen molar-refractivity contribution in [1.82, 2.24) is 20.2 Å². The fourth-order valence-electron chi connectivity index (χ4n) is 3.50. The van der Waals surface area contributed by atoms with Crippen LogP contribution in [0, 0.1) is 0 Å². The Morgan fingerprint density at radius 1 is 1.31 bits per heavy atom. The van der Waals surface area contributed by atoms with Crippen LogP contribution >= 0.6 is 0 Å². The zero-order chi connectivity index (χ0) is 18.4. The SMILES string of the molecule is C/C=C\C(=C/CC)CC(=O)N1CCc2nc(N3CCNCC3)ncc2C1. The number of rotatable bonds is 5. The van der Waals surface area contributed by atoms with Gasteiger partial charge in [0.25, 0.3) is 0 Å². The van der Waals surface area contributed by atoms with Gasteiger partial charge in [0.2, 0.25) is 11.9 Å². The second-order valence-electron chi connectivity index (χ2n) is 6.81. The fraction of sp³-hybridized carbons (Fsp3) is 0.550. The normalized spacial score (nSPS) is 18.3. The molecule has 0 aliphatic carbocycles. The summed E-state index contributed by atoms with van der Waals surface area (Å²) in [5.74, 6) is 1.01. The first kappa shape index (κ1) is 18.6. The molecule has 26 heavy (non-hydrogen) atoms. The topological polar surface area (TPSA) is 61.4 Å². The molecule has 1 aromatic heterocycles. The zero-order valence-electron chi connectivity index (χ0n) is 15.9. The van der Waals surface area contributed by atoms with Gasteiger partial charge in [-0.2, -0.15) is 0 Å². The number of piperazine rings is 1. The van der Waals surface area contributed by atoms with Crippen molar-refractivity contribution in [2.75, 3.05) is 37.6 Å². The van der Waals surface area contributed by atoms with Crippen molar-refractivity contribution in [1.29, 1.82) is 0 Å². The summed E-state index contributed by atoms with van der Waals surface area (Å²) < 4.78 is 0. The Bertz CT molecular complexity index is 691. The first-order chi connectivity index (χ1) is 12.7. The summed E-state index contributed by atoms with van der Waals surface area (Å²) in [6.07, 6.45) is 10.3. The molecule has 3 heterocycles. The van der Waals surface area contributed by atoms with Crippen molar-refractivity contribution < 1.29 is 4.79 Å². The summed E-state index contributed by atoms with van der Waals surface area (Å²) in [4.78, 5) is 26.2. The van der Waals surface area contributed by atoms with E-state index in [1.165, 1.54) is 0 Å². The standard InChI is InChI=1S/C20H29N5O/c1-3-5-16(6-4-2)13-19(26)25-10-7-18-17(15-25)14-22-20(23-18)24-11-8-21-9-12-24/h3,5-6,14,21H,4,7-13,15H2,1-2H3/b5-3-,16-6+. The molecule has 0 saturated carbocycles. The number of hydrogen-bond donors (Lipinski definition) is 1. The predicted octanol–water partition coefficient (Wildman–Crippen LogP) is 2.07. The Kier molecular flexibility index (Phi) is 6.39. The molecule has 0 unspecified atom stereocenters. The lowest BCUT2D eigenvalue weighted by molar-refractivity contribution is -0.131. The molecule has 1 aromatic rings. The molecule has 6 heteroatoms. The van der Waals surface area contributed by atoms with Gasteiger partial charge in [0.1, 0.15) is 0 Å². The molecular formula is C20H29N5O. The maximum Gasteiger partial charge on any atom is 0.227 e. The van der Waals surface area contributed by atoms with Gasteiger partial charge in [-0.1, -0.05) is 25.2 Å². The van der Waals surface area contributed by atoms with E-state index in [2.05, 4.69) is 28.2 Å². The number of aromatic nitrogens is 2. The van der Waals surface area contributed by atoms with Gasteiger partial charge in [-0.15, -0.1) is 0 Å².